The van der Waals surface area contributed by atoms with Crippen LogP contribution in [-0.4, -0.2) is 26.0 Å². The zero-order chi connectivity index (χ0) is 21.3. The van der Waals surface area contributed by atoms with Gasteiger partial charge in [-0.05, 0) is 50.2 Å². The zero-order valence-corrected chi connectivity index (χ0v) is 16.9. The standard InChI is InChI=1S/C20H20FN3O4S/c1-12-10-15(13(2)24(12)18-7-5-4-6-16(18)21)20(25)23-17-11-14(29(22,26)27)8-9-19(17)28-3/h4-11H,1-3H3,(H,23,25)(H2,22,26,27). The molecule has 0 spiro atoms. The Bertz CT molecular complexity index is 1200. The van der Waals surface area contributed by atoms with Crippen LogP contribution < -0.4 is 15.2 Å². The molecule has 0 atom stereocenters. The van der Waals surface area contributed by atoms with E-state index in [2.05, 4.69) is 5.32 Å². The Labute approximate surface area is 168 Å². The molecule has 3 rings (SSSR count). The number of methoxy groups -OCH3 is 1. The van der Waals surface area contributed by atoms with Gasteiger partial charge in [-0.3, -0.25) is 4.79 Å². The SMILES string of the molecule is COc1ccc(S(N)(=O)=O)cc1NC(=O)c1cc(C)n(-c2ccccc2F)c1C. The summed E-state index contributed by atoms with van der Waals surface area (Å²) in [4.78, 5) is 12.7. The van der Waals surface area contributed by atoms with Gasteiger partial charge in [0.2, 0.25) is 10.0 Å². The van der Waals surface area contributed by atoms with Crippen LogP contribution in [-0.2, 0) is 10.0 Å². The van der Waals surface area contributed by atoms with Gasteiger partial charge in [-0.2, -0.15) is 0 Å². The van der Waals surface area contributed by atoms with Gasteiger partial charge in [0.15, 0.2) is 0 Å². The normalized spacial score (nSPS) is 11.3. The summed E-state index contributed by atoms with van der Waals surface area (Å²) >= 11 is 0. The third kappa shape index (κ3) is 4.01. The van der Waals surface area contributed by atoms with Crippen molar-refractivity contribution >= 4 is 21.6 Å². The van der Waals surface area contributed by atoms with E-state index >= 15 is 0 Å². The molecule has 9 heteroatoms. The lowest BCUT2D eigenvalue weighted by atomic mass is 10.2. The predicted octanol–water partition coefficient (Wildman–Crippen LogP) is 3.14. The smallest absolute Gasteiger partial charge is 0.257 e. The molecule has 3 N–H and O–H groups in total. The number of anilines is 1. The number of rotatable bonds is 5. The molecule has 0 saturated heterocycles. The highest BCUT2D eigenvalue weighted by Crippen LogP contribution is 2.29. The fourth-order valence-corrected chi connectivity index (χ4v) is 3.69. The number of halogens is 1. The van der Waals surface area contributed by atoms with Crippen LogP contribution in [0.2, 0.25) is 0 Å². The van der Waals surface area contributed by atoms with Gasteiger partial charge in [0.25, 0.3) is 5.91 Å². The molecule has 0 fully saturated rings. The Hall–Kier alpha value is -3.17. The molecule has 152 valence electrons. The summed E-state index contributed by atoms with van der Waals surface area (Å²) in [5, 5.41) is 7.81. The van der Waals surface area contributed by atoms with Crippen molar-refractivity contribution in [2.75, 3.05) is 12.4 Å². The molecular weight excluding hydrogens is 397 g/mol. The number of nitrogens with zero attached hydrogens (tertiary/aromatic N) is 1. The highest BCUT2D eigenvalue weighted by Gasteiger charge is 2.20. The van der Waals surface area contributed by atoms with Crippen LogP contribution in [0, 0.1) is 19.7 Å². The van der Waals surface area contributed by atoms with Gasteiger partial charge in [0.1, 0.15) is 11.6 Å². The maximum Gasteiger partial charge on any atom is 0.257 e. The van der Waals surface area contributed by atoms with Gasteiger partial charge in [-0.1, -0.05) is 12.1 Å². The van der Waals surface area contributed by atoms with Gasteiger partial charge in [0.05, 0.1) is 28.9 Å². The number of para-hydroxylation sites is 1. The van der Waals surface area contributed by atoms with Crippen LogP contribution >= 0.6 is 0 Å². The van der Waals surface area contributed by atoms with E-state index in [0.29, 0.717) is 22.6 Å². The van der Waals surface area contributed by atoms with Crippen LogP contribution in [0.1, 0.15) is 21.7 Å². The van der Waals surface area contributed by atoms with Crippen molar-refractivity contribution in [1.82, 2.24) is 4.57 Å². The first-order chi connectivity index (χ1) is 13.6. The van der Waals surface area contributed by atoms with Crippen molar-refractivity contribution < 1.29 is 22.3 Å². The van der Waals surface area contributed by atoms with Crippen LogP contribution in [0.15, 0.2) is 53.4 Å². The highest BCUT2D eigenvalue weighted by atomic mass is 32.2. The third-order valence-corrected chi connectivity index (χ3v) is 5.43. The van der Waals surface area contributed by atoms with Crippen molar-refractivity contribution in [3.05, 3.63) is 71.3 Å². The van der Waals surface area contributed by atoms with Crippen molar-refractivity contribution in [1.29, 1.82) is 0 Å². The van der Waals surface area contributed by atoms with E-state index in [9.17, 15) is 17.6 Å². The number of ether oxygens (including phenoxy) is 1. The van der Waals surface area contributed by atoms with Crippen molar-refractivity contribution in [3.63, 3.8) is 0 Å². The lowest BCUT2D eigenvalue weighted by Gasteiger charge is -2.13. The molecule has 0 bridgehead atoms. The van der Waals surface area contributed by atoms with Crippen LogP contribution in [0.4, 0.5) is 10.1 Å². The first-order valence-electron chi connectivity index (χ1n) is 8.59. The average molecular weight is 417 g/mol. The molecule has 0 radical (unpaired) electrons. The molecule has 0 unspecified atom stereocenters. The van der Waals surface area contributed by atoms with Gasteiger partial charge < -0.3 is 14.6 Å². The summed E-state index contributed by atoms with van der Waals surface area (Å²) in [6.07, 6.45) is 0. The lowest BCUT2D eigenvalue weighted by Crippen LogP contribution is -2.16. The number of hydrogen-bond donors (Lipinski definition) is 2. The summed E-state index contributed by atoms with van der Waals surface area (Å²) in [6, 6.07) is 11.8. The number of nitrogens with two attached hydrogens (primary N) is 1. The number of sulfonamides is 1. The first-order valence-corrected chi connectivity index (χ1v) is 10.1. The quantitative estimate of drug-likeness (QED) is 0.666. The maximum absolute atomic E-state index is 14.2. The molecular formula is C20H20FN3O4S. The van der Waals surface area contributed by atoms with Crippen LogP contribution in [0.5, 0.6) is 5.75 Å². The molecule has 0 aliphatic heterocycles. The summed E-state index contributed by atoms with van der Waals surface area (Å²) in [5.41, 5.74) is 2.00. The topological polar surface area (TPSA) is 103 Å². The van der Waals surface area contributed by atoms with Gasteiger partial charge in [0, 0.05) is 11.4 Å². The fraction of sp³-hybridized carbons (Fsp3) is 0.150. The van der Waals surface area contributed by atoms with E-state index in [0.717, 1.165) is 0 Å². The Kier molecular flexibility index (Phi) is 5.45. The highest BCUT2D eigenvalue weighted by molar-refractivity contribution is 7.89. The summed E-state index contributed by atoms with van der Waals surface area (Å²) in [5.74, 6) is -0.636. The molecule has 3 aromatic rings. The molecule has 1 amide bonds. The number of benzene rings is 2. The maximum atomic E-state index is 14.2. The fourth-order valence-electron chi connectivity index (χ4n) is 3.15. The number of primary sulfonamides is 1. The van der Waals surface area contributed by atoms with Gasteiger partial charge >= 0.3 is 0 Å². The minimum Gasteiger partial charge on any atom is -0.495 e. The molecule has 0 aliphatic carbocycles. The Morgan fingerprint density at radius 3 is 2.45 bits per heavy atom. The molecule has 0 saturated carbocycles. The van der Waals surface area contributed by atoms with E-state index in [-0.39, 0.29) is 16.3 Å². The van der Waals surface area contributed by atoms with Crippen LogP contribution in [0.3, 0.4) is 0 Å². The van der Waals surface area contributed by atoms with E-state index in [1.165, 1.54) is 31.4 Å². The minimum absolute atomic E-state index is 0.153. The van der Waals surface area contributed by atoms with Crippen molar-refractivity contribution in [2.45, 2.75) is 18.7 Å². The molecule has 0 aliphatic rings. The summed E-state index contributed by atoms with van der Waals surface area (Å²) in [7, 11) is -2.56. The van der Waals surface area contributed by atoms with Crippen molar-refractivity contribution in [2.24, 2.45) is 5.14 Å². The zero-order valence-electron chi connectivity index (χ0n) is 16.1. The second kappa shape index (κ2) is 7.69. The summed E-state index contributed by atoms with van der Waals surface area (Å²) in [6.45, 7) is 3.46. The van der Waals surface area contributed by atoms with Gasteiger partial charge in [-0.15, -0.1) is 0 Å². The Morgan fingerprint density at radius 2 is 1.83 bits per heavy atom. The van der Waals surface area contributed by atoms with Crippen LogP contribution in [0.25, 0.3) is 5.69 Å². The first kappa shape index (κ1) is 20.6. The second-order valence-electron chi connectivity index (χ2n) is 6.43. The minimum atomic E-state index is -3.95. The van der Waals surface area contributed by atoms with Gasteiger partial charge in [-0.25, -0.2) is 17.9 Å². The third-order valence-electron chi connectivity index (χ3n) is 4.52. The van der Waals surface area contributed by atoms with E-state index in [1.54, 1.807) is 42.7 Å². The largest absolute Gasteiger partial charge is 0.495 e. The number of hydrogen-bond acceptors (Lipinski definition) is 4. The number of amides is 1. The number of carbonyl (C=O) groups excluding carboxylic acids is 1. The Morgan fingerprint density at radius 1 is 1.14 bits per heavy atom. The van der Waals surface area contributed by atoms with E-state index in [4.69, 9.17) is 9.88 Å². The Balaban J connectivity index is 2.01. The van der Waals surface area contributed by atoms with E-state index in [1.807, 2.05) is 0 Å². The lowest BCUT2D eigenvalue weighted by molar-refractivity contribution is 0.102. The number of nitrogens with one attached hydrogen (secondary N) is 1. The number of aryl methyl sites for hydroxylation is 1. The average Bonchev–Trinajstić information content (AvgIpc) is 2.96. The number of carbonyl (C=O) groups is 1. The molecule has 29 heavy (non-hydrogen) atoms. The number of aromatic nitrogens is 1. The monoisotopic (exact) mass is 417 g/mol. The predicted molar refractivity (Wildman–Crippen MR) is 108 cm³/mol. The molecule has 7 nitrogen and oxygen atoms in total. The van der Waals surface area contributed by atoms with Crippen molar-refractivity contribution in [3.8, 4) is 11.4 Å². The molecule has 1 heterocycles. The molecule has 1 aromatic heterocycles. The van der Waals surface area contributed by atoms with E-state index < -0.39 is 21.7 Å². The second-order valence-corrected chi connectivity index (χ2v) is 7.99. The molecule has 2 aromatic carbocycles. The summed E-state index contributed by atoms with van der Waals surface area (Å²) < 4.78 is 44.3.